The zero-order chi connectivity index (χ0) is 12.8. The zero-order valence-electron chi connectivity index (χ0n) is 10.5. The maximum Gasteiger partial charge on any atom is 0.155 e. The molecule has 4 heteroatoms. The van der Waals surface area contributed by atoms with E-state index in [1.54, 1.807) is 0 Å². The zero-order valence-corrected chi connectivity index (χ0v) is 11.2. The smallest absolute Gasteiger partial charge is 0.155 e. The number of halogens is 1. The van der Waals surface area contributed by atoms with Gasteiger partial charge in [-0.3, -0.25) is 0 Å². The molecule has 2 heterocycles. The SMILES string of the molecule is ClC1CC(c2ccccc2)=Nc2c(C3CC3)cnn21. The Morgan fingerprint density at radius 3 is 2.68 bits per heavy atom. The summed E-state index contributed by atoms with van der Waals surface area (Å²) in [5.74, 6) is 1.61. The van der Waals surface area contributed by atoms with Gasteiger partial charge in [0.05, 0.1) is 11.9 Å². The highest BCUT2D eigenvalue weighted by Gasteiger charge is 2.32. The molecule has 3 nitrogen and oxygen atoms in total. The molecule has 0 amide bonds. The first-order valence-electron chi connectivity index (χ1n) is 6.67. The lowest BCUT2D eigenvalue weighted by Gasteiger charge is -2.20. The van der Waals surface area contributed by atoms with Crippen LogP contribution < -0.4 is 0 Å². The summed E-state index contributed by atoms with van der Waals surface area (Å²) in [7, 11) is 0. The summed E-state index contributed by atoms with van der Waals surface area (Å²) in [6.07, 6.45) is 5.17. The van der Waals surface area contributed by atoms with E-state index < -0.39 is 0 Å². The van der Waals surface area contributed by atoms with Crippen molar-refractivity contribution in [3.63, 3.8) is 0 Å². The van der Waals surface area contributed by atoms with E-state index in [0.717, 1.165) is 23.5 Å². The molecule has 1 atom stereocenters. The van der Waals surface area contributed by atoms with Crippen LogP contribution in [0.5, 0.6) is 0 Å². The highest BCUT2D eigenvalue weighted by molar-refractivity contribution is 6.22. The number of hydrogen-bond donors (Lipinski definition) is 0. The molecule has 4 rings (SSSR count). The van der Waals surface area contributed by atoms with Crippen LogP contribution in [0.3, 0.4) is 0 Å². The maximum absolute atomic E-state index is 6.45. The Bertz CT molecular complexity index is 641. The van der Waals surface area contributed by atoms with E-state index in [-0.39, 0.29) is 5.50 Å². The lowest BCUT2D eigenvalue weighted by molar-refractivity contribution is 0.599. The van der Waals surface area contributed by atoms with Gasteiger partial charge in [0.1, 0.15) is 5.50 Å². The van der Waals surface area contributed by atoms with Crippen molar-refractivity contribution in [2.45, 2.75) is 30.7 Å². The Morgan fingerprint density at radius 2 is 1.95 bits per heavy atom. The van der Waals surface area contributed by atoms with Gasteiger partial charge in [0.25, 0.3) is 0 Å². The number of aliphatic imine (C=N–C) groups is 1. The molecule has 1 unspecified atom stereocenters. The van der Waals surface area contributed by atoms with E-state index in [4.69, 9.17) is 16.6 Å². The van der Waals surface area contributed by atoms with E-state index in [1.165, 1.54) is 18.4 Å². The Labute approximate surface area is 116 Å². The Morgan fingerprint density at radius 1 is 1.16 bits per heavy atom. The molecule has 1 aliphatic heterocycles. The molecule has 1 aliphatic carbocycles. The van der Waals surface area contributed by atoms with Crippen LogP contribution in [0.2, 0.25) is 0 Å². The Balaban J connectivity index is 1.82. The molecule has 1 fully saturated rings. The van der Waals surface area contributed by atoms with Gasteiger partial charge in [0.2, 0.25) is 0 Å². The van der Waals surface area contributed by atoms with Crippen LogP contribution >= 0.6 is 11.6 Å². The molecular weight excluding hydrogens is 258 g/mol. The number of alkyl halides is 1. The summed E-state index contributed by atoms with van der Waals surface area (Å²) in [6.45, 7) is 0. The first-order chi connectivity index (χ1) is 9.33. The van der Waals surface area contributed by atoms with Crippen LogP contribution in [0.4, 0.5) is 5.82 Å². The highest BCUT2D eigenvalue weighted by Crippen LogP contribution is 2.46. The van der Waals surface area contributed by atoms with Crippen LogP contribution in [0.15, 0.2) is 41.5 Å². The van der Waals surface area contributed by atoms with E-state index in [0.29, 0.717) is 5.92 Å². The topological polar surface area (TPSA) is 30.2 Å². The second-order valence-corrected chi connectivity index (χ2v) is 5.71. The molecule has 96 valence electrons. The number of rotatable bonds is 2. The molecule has 0 saturated heterocycles. The summed E-state index contributed by atoms with van der Waals surface area (Å²) in [6, 6.07) is 10.3. The van der Waals surface area contributed by atoms with E-state index in [1.807, 2.05) is 29.1 Å². The molecule has 19 heavy (non-hydrogen) atoms. The van der Waals surface area contributed by atoms with Crippen molar-refractivity contribution >= 4 is 23.1 Å². The fourth-order valence-electron chi connectivity index (χ4n) is 2.60. The largest absolute Gasteiger partial charge is 0.233 e. The lowest BCUT2D eigenvalue weighted by Crippen LogP contribution is -2.16. The third-order valence-corrected chi connectivity index (χ3v) is 4.13. The van der Waals surface area contributed by atoms with Crippen LogP contribution in [0.25, 0.3) is 0 Å². The summed E-state index contributed by atoms with van der Waals surface area (Å²) < 4.78 is 1.86. The van der Waals surface area contributed by atoms with Crippen molar-refractivity contribution < 1.29 is 0 Å². The normalized spacial score (nSPS) is 21.9. The van der Waals surface area contributed by atoms with Gasteiger partial charge in [-0.2, -0.15) is 5.10 Å². The van der Waals surface area contributed by atoms with Crippen molar-refractivity contribution in [1.82, 2.24) is 9.78 Å². The van der Waals surface area contributed by atoms with Crippen molar-refractivity contribution in [2.75, 3.05) is 0 Å². The van der Waals surface area contributed by atoms with Gasteiger partial charge in [0, 0.05) is 12.0 Å². The molecule has 1 aromatic carbocycles. The maximum atomic E-state index is 6.45. The summed E-state index contributed by atoms with van der Waals surface area (Å²) in [4.78, 5) is 4.82. The van der Waals surface area contributed by atoms with Crippen molar-refractivity contribution in [3.05, 3.63) is 47.7 Å². The number of fused-ring (bicyclic) bond motifs is 1. The van der Waals surface area contributed by atoms with E-state index in [9.17, 15) is 0 Å². The summed E-state index contributed by atoms with van der Waals surface area (Å²) >= 11 is 6.45. The minimum Gasteiger partial charge on any atom is -0.233 e. The standard InChI is InChI=1S/C15H14ClN3/c16-14-8-13(11-4-2-1-3-5-11)18-15-12(10-6-7-10)9-17-19(14)15/h1-5,9-10,14H,6-8H2. The number of aromatic nitrogens is 2. The van der Waals surface area contributed by atoms with Crippen LogP contribution in [0.1, 0.15) is 41.8 Å². The number of nitrogens with zero attached hydrogens (tertiary/aromatic N) is 3. The van der Waals surface area contributed by atoms with Gasteiger partial charge in [0.15, 0.2) is 5.82 Å². The van der Waals surface area contributed by atoms with Crippen LogP contribution in [-0.2, 0) is 0 Å². The average Bonchev–Trinajstić information content (AvgIpc) is 3.19. The van der Waals surface area contributed by atoms with E-state index >= 15 is 0 Å². The van der Waals surface area contributed by atoms with E-state index in [2.05, 4.69) is 17.2 Å². The van der Waals surface area contributed by atoms with Gasteiger partial charge in [-0.1, -0.05) is 41.9 Å². The molecule has 0 radical (unpaired) electrons. The molecule has 2 aliphatic rings. The molecule has 0 N–H and O–H groups in total. The van der Waals surface area contributed by atoms with Crippen LogP contribution in [-0.4, -0.2) is 15.5 Å². The fraction of sp³-hybridized carbons (Fsp3) is 0.333. The Hall–Kier alpha value is -1.61. The summed E-state index contributed by atoms with van der Waals surface area (Å²) in [5.41, 5.74) is 3.35. The molecule has 1 aromatic heterocycles. The van der Waals surface area contributed by atoms with Crippen molar-refractivity contribution in [2.24, 2.45) is 4.99 Å². The summed E-state index contributed by atoms with van der Waals surface area (Å²) in [5, 5.41) is 4.40. The second-order valence-electron chi connectivity index (χ2n) is 5.21. The second kappa shape index (κ2) is 4.20. The fourth-order valence-corrected chi connectivity index (χ4v) is 2.89. The highest BCUT2D eigenvalue weighted by atomic mass is 35.5. The Kier molecular flexibility index (Phi) is 2.49. The van der Waals surface area contributed by atoms with Crippen molar-refractivity contribution in [1.29, 1.82) is 0 Å². The predicted molar refractivity (Wildman–Crippen MR) is 76.3 cm³/mol. The molecule has 0 bridgehead atoms. The minimum atomic E-state index is -0.129. The van der Waals surface area contributed by atoms with Gasteiger partial charge < -0.3 is 0 Å². The van der Waals surface area contributed by atoms with Gasteiger partial charge in [-0.05, 0) is 24.3 Å². The first-order valence-corrected chi connectivity index (χ1v) is 7.11. The quantitative estimate of drug-likeness (QED) is 0.759. The lowest BCUT2D eigenvalue weighted by atomic mass is 10.1. The van der Waals surface area contributed by atoms with Gasteiger partial charge in [-0.25, -0.2) is 9.67 Å². The van der Waals surface area contributed by atoms with Crippen molar-refractivity contribution in [3.8, 4) is 0 Å². The number of hydrogen-bond acceptors (Lipinski definition) is 2. The molecule has 2 aromatic rings. The predicted octanol–water partition coefficient (Wildman–Crippen LogP) is 4.02. The third kappa shape index (κ3) is 1.89. The third-order valence-electron chi connectivity index (χ3n) is 3.79. The molecule has 0 spiro atoms. The average molecular weight is 272 g/mol. The van der Waals surface area contributed by atoms with Crippen LogP contribution in [0, 0.1) is 0 Å². The number of benzene rings is 1. The monoisotopic (exact) mass is 271 g/mol. The minimum absolute atomic E-state index is 0.129. The molecule has 1 saturated carbocycles. The first kappa shape index (κ1) is 11.2. The van der Waals surface area contributed by atoms with Gasteiger partial charge in [-0.15, -0.1) is 0 Å². The molecular formula is C15H14ClN3. The van der Waals surface area contributed by atoms with Gasteiger partial charge >= 0.3 is 0 Å².